The summed E-state index contributed by atoms with van der Waals surface area (Å²) in [6, 6.07) is 5.41. The Morgan fingerprint density at radius 3 is 3.08 bits per heavy atom. The smallest absolute Gasteiger partial charge is 0.149 e. The van der Waals surface area contributed by atoms with Gasteiger partial charge in [-0.15, -0.1) is 0 Å². The molecule has 0 amide bonds. The van der Waals surface area contributed by atoms with Crippen LogP contribution in [0.1, 0.15) is 0 Å². The van der Waals surface area contributed by atoms with Crippen LogP contribution in [0.2, 0.25) is 0 Å². The number of hydrogen-bond donors (Lipinski definition) is 1. The molecule has 0 saturated carbocycles. The average Bonchev–Trinajstić information content (AvgIpc) is 2.48. The second kappa shape index (κ2) is 2.41. The van der Waals surface area contributed by atoms with Gasteiger partial charge in [0.1, 0.15) is 17.6 Å². The molecule has 0 fully saturated rings. The number of aromatic nitrogens is 2. The lowest BCUT2D eigenvalue weighted by atomic mass is 10.3. The van der Waals surface area contributed by atoms with Crippen LogP contribution in [-0.4, -0.2) is 22.0 Å². The van der Waals surface area contributed by atoms with E-state index in [4.69, 9.17) is 4.74 Å². The predicted octanol–water partition coefficient (Wildman–Crippen LogP) is 1.28. The minimum Gasteiger partial charge on any atom is -0.494 e. The van der Waals surface area contributed by atoms with Crippen molar-refractivity contribution in [3.8, 4) is 5.75 Å². The van der Waals surface area contributed by atoms with E-state index in [0.29, 0.717) is 11.3 Å². The molecule has 0 aliphatic carbocycles. The molecule has 1 aromatic heterocycles. The number of methoxy groups -OCH3 is 1. The first-order chi connectivity index (χ1) is 5.83. The molecule has 0 aliphatic rings. The summed E-state index contributed by atoms with van der Waals surface area (Å²) in [5.41, 5.74) is 1.32. The Labute approximate surface area is 69.0 Å². The summed E-state index contributed by atoms with van der Waals surface area (Å²) in [5.74, 6) is 0.618. The number of para-hydroxylation sites is 1. The van der Waals surface area contributed by atoms with Gasteiger partial charge in [-0.05, 0) is 12.1 Å². The van der Waals surface area contributed by atoms with E-state index in [0.717, 1.165) is 10.2 Å². The van der Waals surface area contributed by atoms with Crippen LogP contribution in [-0.2, 0) is 0 Å². The summed E-state index contributed by atoms with van der Waals surface area (Å²) in [4.78, 5) is 3.96. The first-order valence-electron chi connectivity index (χ1n) is 3.52. The van der Waals surface area contributed by atoms with Gasteiger partial charge in [0.15, 0.2) is 0 Å². The van der Waals surface area contributed by atoms with Gasteiger partial charge in [0, 0.05) is 0 Å². The van der Waals surface area contributed by atoms with E-state index >= 15 is 0 Å². The van der Waals surface area contributed by atoms with E-state index in [1.807, 2.05) is 12.1 Å². The number of rotatable bonds is 1. The van der Waals surface area contributed by atoms with Crippen molar-refractivity contribution in [3.05, 3.63) is 24.5 Å². The number of hydrogen-bond acceptors (Lipinski definition) is 3. The molecule has 0 bridgehead atoms. The maximum Gasteiger partial charge on any atom is 0.149 e. The first-order valence-corrected chi connectivity index (χ1v) is 3.52. The zero-order valence-electron chi connectivity index (χ0n) is 6.56. The SMILES string of the molecule is COc1cccc2ncn(O)c12. The highest BCUT2D eigenvalue weighted by Crippen LogP contribution is 2.22. The van der Waals surface area contributed by atoms with Crippen LogP contribution in [0, 0.1) is 0 Å². The summed E-state index contributed by atoms with van der Waals surface area (Å²) >= 11 is 0. The van der Waals surface area contributed by atoms with Crippen LogP contribution in [0.4, 0.5) is 0 Å². The molecule has 4 nitrogen and oxygen atoms in total. The molecule has 1 N–H and O–H groups in total. The Hall–Kier alpha value is -1.71. The molecule has 2 aromatic rings. The molecule has 62 valence electrons. The topological polar surface area (TPSA) is 47.3 Å². The van der Waals surface area contributed by atoms with Crippen molar-refractivity contribution in [2.24, 2.45) is 0 Å². The van der Waals surface area contributed by atoms with Crippen LogP contribution < -0.4 is 4.74 Å². The van der Waals surface area contributed by atoms with Gasteiger partial charge >= 0.3 is 0 Å². The summed E-state index contributed by atoms with van der Waals surface area (Å²) in [6.07, 6.45) is 1.34. The molecule has 0 saturated heterocycles. The summed E-state index contributed by atoms with van der Waals surface area (Å²) in [6.45, 7) is 0. The van der Waals surface area contributed by atoms with E-state index in [9.17, 15) is 5.21 Å². The number of fused-ring (bicyclic) bond motifs is 1. The van der Waals surface area contributed by atoms with Gasteiger partial charge in [0.25, 0.3) is 0 Å². The highest BCUT2D eigenvalue weighted by atomic mass is 16.5. The Morgan fingerprint density at radius 2 is 2.33 bits per heavy atom. The maximum atomic E-state index is 9.30. The molecule has 2 rings (SSSR count). The van der Waals surface area contributed by atoms with E-state index in [2.05, 4.69) is 4.98 Å². The minimum atomic E-state index is 0.597. The van der Waals surface area contributed by atoms with Crippen LogP contribution in [0.25, 0.3) is 11.0 Å². The summed E-state index contributed by atoms with van der Waals surface area (Å²) in [5, 5.41) is 9.30. The molecule has 0 radical (unpaired) electrons. The van der Waals surface area contributed by atoms with Gasteiger partial charge in [0.05, 0.1) is 12.6 Å². The Kier molecular flexibility index (Phi) is 1.40. The molecular formula is C8H8N2O2. The molecule has 4 heteroatoms. The Balaban J connectivity index is 2.84. The number of ether oxygens (including phenoxy) is 1. The monoisotopic (exact) mass is 164 g/mol. The van der Waals surface area contributed by atoms with Crippen molar-refractivity contribution in [2.75, 3.05) is 7.11 Å². The van der Waals surface area contributed by atoms with Gasteiger partial charge in [-0.25, -0.2) is 4.98 Å². The quantitative estimate of drug-likeness (QED) is 0.646. The summed E-state index contributed by atoms with van der Waals surface area (Å²) in [7, 11) is 1.56. The third-order valence-electron chi connectivity index (χ3n) is 1.73. The lowest BCUT2D eigenvalue weighted by molar-refractivity contribution is 0.196. The minimum absolute atomic E-state index is 0.597. The fraction of sp³-hybridized carbons (Fsp3) is 0.125. The van der Waals surface area contributed by atoms with Crippen molar-refractivity contribution in [2.45, 2.75) is 0 Å². The second-order valence-corrected chi connectivity index (χ2v) is 2.42. The van der Waals surface area contributed by atoms with Gasteiger partial charge in [-0.1, -0.05) is 6.07 Å². The normalized spacial score (nSPS) is 10.4. The standard InChI is InChI=1S/C8H8N2O2/c1-12-7-4-2-3-6-8(7)10(11)5-9-6/h2-5,11H,1H3. The van der Waals surface area contributed by atoms with Crippen LogP contribution >= 0.6 is 0 Å². The fourth-order valence-corrected chi connectivity index (χ4v) is 1.18. The van der Waals surface area contributed by atoms with Crippen molar-refractivity contribution < 1.29 is 9.94 Å². The average molecular weight is 164 g/mol. The van der Waals surface area contributed by atoms with Gasteiger partial charge in [0.2, 0.25) is 0 Å². The van der Waals surface area contributed by atoms with Gasteiger partial charge in [-0.2, -0.15) is 4.73 Å². The zero-order chi connectivity index (χ0) is 8.55. The largest absolute Gasteiger partial charge is 0.494 e. The second-order valence-electron chi connectivity index (χ2n) is 2.42. The maximum absolute atomic E-state index is 9.30. The Bertz CT molecular complexity index is 408. The molecule has 0 spiro atoms. The van der Waals surface area contributed by atoms with Crippen molar-refractivity contribution in [1.29, 1.82) is 0 Å². The van der Waals surface area contributed by atoms with E-state index < -0.39 is 0 Å². The van der Waals surface area contributed by atoms with Gasteiger partial charge < -0.3 is 9.94 Å². The number of imidazole rings is 1. The molecule has 0 aliphatic heterocycles. The van der Waals surface area contributed by atoms with E-state index in [1.165, 1.54) is 6.33 Å². The lowest BCUT2D eigenvalue weighted by Gasteiger charge is -2.00. The molecule has 12 heavy (non-hydrogen) atoms. The highest BCUT2D eigenvalue weighted by Gasteiger charge is 2.06. The highest BCUT2D eigenvalue weighted by molar-refractivity contribution is 5.81. The Morgan fingerprint density at radius 1 is 1.50 bits per heavy atom. The number of benzene rings is 1. The van der Waals surface area contributed by atoms with E-state index in [-0.39, 0.29) is 0 Å². The number of nitrogens with zero attached hydrogens (tertiary/aromatic N) is 2. The van der Waals surface area contributed by atoms with Crippen molar-refractivity contribution in [3.63, 3.8) is 0 Å². The van der Waals surface area contributed by atoms with Crippen molar-refractivity contribution >= 4 is 11.0 Å². The van der Waals surface area contributed by atoms with Crippen LogP contribution in [0.15, 0.2) is 24.5 Å². The lowest BCUT2D eigenvalue weighted by Crippen LogP contribution is -1.90. The molecule has 1 heterocycles. The molecule has 0 unspecified atom stereocenters. The first kappa shape index (κ1) is 6.97. The fourth-order valence-electron chi connectivity index (χ4n) is 1.18. The molecule has 0 atom stereocenters. The molecular weight excluding hydrogens is 156 g/mol. The van der Waals surface area contributed by atoms with E-state index in [1.54, 1.807) is 13.2 Å². The third kappa shape index (κ3) is 0.812. The van der Waals surface area contributed by atoms with Gasteiger partial charge in [-0.3, -0.25) is 0 Å². The van der Waals surface area contributed by atoms with Crippen LogP contribution in [0.3, 0.4) is 0 Å². The predicted molar refractivity (Wildman–Crippen MR) is 43.5 cm³/mol. The third-order valence-corrected chi connectivity index (χ3v) is 1.73. The molecule has 1 aromatic carbocycles. The summed E-state index contributed by atoms with van der Waals surface area (Å²) < 4.78 is 6.00. The van der Waals surface area contributed by atoms with Crippen molar-refractivity contribution in [1.82, 2.24) is 9.71 Å². The zero-order valence-corrected chi connectivity index (χ0v) is 6.56. The van der Waals surface area contributed by atoms with Crippen LogP contribution in [0.5, 0.6) is 5.75 Å².